The fourth-order valence-electron chi connectivity index (χ4n) is 2.57. The number of hydrogen-bond donors (Lipinski definition) is 2. The predicted octanol–water partition coefficient (Wildman–Crippen LogP) is 2.28. The highest BCUT2D eigenvalue weighted by atomic mass is 16.1. The van der Waals surface area contributed by atoms with Crippen molar-refractivity contribution in [1.82, 2.24) is 20.4 Å². The fourth-order valence-corrected chi connectivity index (χ4v) is 2.57. The van der Waals surface area contributed by atoms with E-state index in [0.717, 1.165) is 33.8 Å². The summed E-state index contributed by atoms with van der Waals surface area (Å²) in [5.74, 6) is 0. The first-order valence-electron chi connectivity index (χ1n) is 6.67. The lowest BCUT2D eigenvalue weighted by atomic mass is 10.0. The maximum absolute atomic E-state index is 11.7. The summed E-state index contributed by atoms with van der Waals surface area (Å²) >= 11 is 0. The number of nitrogens with zero attached hydrogens (tertiary/aromatic N) is 2. The quantitative estimate of drug-likeness (QED) is 0.554. The molecule has 2 heterocycles. The topological polar surface area (TPSA) is 91.5 Å². The Balaban J connectivity index is 1.95. The molecule has 106 valence electrons. The van der Waals surface area contributed by atoms with Crippen LogP contribution in [0.3, 0.4) is 0 Å². The van der Waals surface area contributed by atoms with E-state index in [4.69, 9.17) is 0 Å². The van der Waals surface area contributed by atoms with Gasteiger partial charge in [-0.15, -0.1) is 0 Å². The average molecular weight is 290 g/mol. The van der Waals surface area contributed by atoms with E-state index in [1.165, 1.54) is 0 Å². The van der Waals surface area contributed by atoms with Crippen molar-refractivity contribution in [2.24, 2.45) is 0 Å². The number of carbonyl (C=O) groups is 1. The largest absolute Gasteiger partial charge is 0.298 e. The van der Waals surface area contributed by atoms with Gasteiger partial charge in [-0.25, -0.2) is 5.10 Å². The number of carbonyl (C=O) groups excluding carboxylic acids is 1. The molecule has 0 aliphatic rings. The molecule has 0 radical (unpaired) electrons. The summed E-state index contributed by atoms with van der Waals surface area (Å²) < 4.78 is 0. The van der Waals surface area contributed by atoms with Crippen LogP contribution in [0, 0.1) is 0 Å². The van der Waals surface area contributed by atoms with Crippen LogP contribution >= 0.6 is 0 Å². The summed E-state index contributed by atoms with van der Waals surface area (Å²) in [7, 11) is 0. The summed E-state index contributed by atoms with van der Waals surface area (Å²) in [5, 5.41) is 15.7. The van der Waals surface area contributed by atoms with Crippen LogP contribution in [-0.2, 0) is 0 Å². The van der Waals surface area contributed by atoms with Crippen LogP contribution in [0.4, 0.5) is 0 Å². The first kappa shape index (κ1) is 12.5. The van der Waals surface area contributed by atoms with Crippen LogP contribution in [0.15, 0.2) is 47.4 Å². The Kier molecular flexibility index (Phi) is 2.62. The molecule has 0 fully saturated rings. The first-order valence-corrected chi connectivity index (χ1v) is 6.67. The molecule has 0 aliphatic heterocycles. The molecule has 0 atom stereocenters. The number of benzene rings is 2. The Labute approximate surface area is 123 Å². The van der Waals surface area contributed by atoms with Crippen molar-refractivity contribution >= 4 is 28.0 Å². The third-order valence-electron chi connectivity index (χ3n) is 3.66. The van der Waals surface area contributed by atoms with Gasteiger partial charge >= 0.3 is 0 Å². The second-order valence-electron chi connectivity index (χ2n) is 5.00. The first-order chi connectivity index (χ1) is 10.8. The van der Waals surface area contributed by atoms with Crippen molar-refractivity contribution in [3.8, 4) is 11.3 Å². The van der Waals surface area contributed by atoms with Gasteiger partial charge in [0.1, 0.15) is 6.29 Å². The van der Waals surface area contributed by atoms with E-state index < -0.39 is 0 Å². The second kappa shape index (κ2) is 4.63. The van der Waals surface area contributed by atoms with E-state index in [9.17, 15) is 9.59 Å². The Hall–Kier alpha value is -3.28. The number of fused-ring (bicyclic) bond motifs is 2. The standard InChI is InChI=1S/C16H10N4O2/c21-8-9-1-3-13-14(5-9)18-19-15(13)10-2-4-12-11(6-10)7-17-20-16(12)22/h1-8H,(H,18,19)(H,20,22). The average Bonchev–Trinajstić information content (AvgIpc) is 2.97. The summed E-state index contributed by atoms with van der Waals surface area (Å²) in [6.07, 6.45) is 2.41. The van der Waals surface area contributed by atoms with Gasteiger partial charge < -0.3 is 0 Å². The Morgan fingerprint density at radius 2 is 1.86 bits per heavy atom. The van der Waals surface area contributed by atoms with Crippen molar-refractivity contribution in [1.29, 1.82) is 0 Å². The van der Waals surface area contributed by atoms with Crippen LogP contribution in [-0.4, -0.2) is 26.7 Å². The SMILES string of the molecule is O=Cc1ccc2c(-c3ccc4c(=O)[nH]ncc4c3)n[nH]c2c1. The summed E-state index contributed by atoms with van der Waals surface area (Å²) in [4.78, 5) is 22.5. The van der Waals surface area contributed by atoms with Gasteiger partial charge in [0, 0.05) is 21.9 Å². The monoisotopic (exact) mass is 290 g/mol. The van der Waals surface area contributed by atoms with Gasteiger partial charge in [-0.05, 0) is 24.3 Å². The molecule has 6 heteroatoms. The molecule has 4 aromatic rings. The van der Waals surface area contributed by atoms with E-state index in [-0.39, 0.29) is 5.56 Å². The third-order valence-corrected chi connectivity index (χ3v) is 3.66. The van der Waals surface area contributed by atoms with E-state index in [1.807, 2.05) is 18.2 Å². The molecule has 2 N–H and O–H groups in total. The van der Waals surface area contributed by atoms with Gasteiger partial charge in [0.05, 0.1) is 22.8 Å². The number of rotatable bonds is 2. The van der Waals surface area contributed by atoms with Crippen molar-refractivity contribution < 1.29 is 4.79 Å². The fraction of sp³-hybridized carbons (Fsp3) is 0. The van der Waals surface area contributed by atoms with Gasteiger partial charge in [0.2, 0.25) is 0 Å². The number of aldehydes is 1. The van der Waals surface area contributed by atoms with Gasteiger partial charge in [-0.1, -0.05) is 12.1 Å². The number of nitrogens with one attached hydrogen (secondary N) is 2. The lowest BCUT2D eigenvalue weighted by molar-refractivity contribution is 0.112. The van der Waals surface area contributed by atoms with Crippen molar-refractivity contribution in [2.75, 3.05) is 0 Å². The maximum Gasteiger partial charge on any atom is 0.272 e. The van der Waals surface area contributed by atoms with E-state index in [0.29, 0.717) is 10.9 Å². The second-order valence-corrected chi connectivity index (χ2v) is 5.00. The minimum atomic E-state index is -0.216. The molecule has 0 unspecified atom stereocenters. The molecule has 2 aromatic heterocycles. The molecule has 0 saturated heterocycles. The number of aromatic nitrogens is 4. The van der Waals surface area contributed by atoms with Crippen LogP contribution in [0.1, 0.15) is 10.4 Å². The van der Waals surface area contributed by atoms with Crippen LogP contribution in [0.2, 0.25) is 0 Å². The number of hydrogen-bond acceptors (Lipinski definition) is 4. The minimum Gasteiger partial charge on any atom is -0.298 e. The predicted molar refractivity (Wildman–Crippen MR) is 82.8 cm³/mol. The van der Waals surface area contributed by atoms with Crippen molar-refractivity contribution in [3.05, 3.63) is 58.5 Å². The number of H-pyrrole nitrogens is 2. The third kappa shape index (κ3) is 1.81. The summed E-state index contributed by atoms with van der Waals surface area (Å²) in [6.45, 7) is 0. The van der Waals surface area contributed by atoms with Crippen LogP contribution in [0.5, 0.6) is 0 Å². The maximum atomic E-state index is 11.7. The molecule has 6 nitrogen and oxygen atoms in total. The molecule has 0 bridgehead atoms. The van der Waals surface area contributed by atoms with Gasteiger partial charge in [0.25, 0.3) is 5.56 Å². The van der Waals surface area contributed by atoms with Gasteiger partial charge in [0.15, 0.2) is 0 Å². The lowest BCUT2D eigenvalue weighted by Gasteiger charge is -2.01. The smallest absolute Gasteiger partial charge is 0.272 e. The molecule has 0 aliphatic carbocycles. The highest BCUT2D eigenvalue weighted by molar-refractivity contribution is 5.97. The van der Waals surface area contributed by atoms with Gasteiger partial charge in [-0.3, -0.25) is 14.7 Å². The summed E-state index contributed by atoms with van der Waals surface area (Å²) in [6, 6.07) is 10.8. The Morgan fingerprint density at radius 3 is 2.73 bits per heavy atom. The molecule has 2 aromatic carbocycles. The van der Waals surface area contributed by atoms with E-state index in [1.54, 1.807) is 24.4 Å². The zero-order valence-electron chi connectivity index (χ0n) is 11.3. The minimum absolute atomic E-state index is 0.216. The highest BCUT2D eigenvalue weighted by Gasteiger charge is 2.10. The lowest BCUT2D eigenvalue weighted by Crippen LogP contribution is -2.06. The molecular formula is C16H10N4O2. The van der Waals surface area contributed by atoms with Crippen LogP contribution < -0.4 is 5.56 Å². The molecular weight excluding hydrogens is 280 g/mol. The zero-order valence-corrected chi connectivity index (χ0v) is 11.3. The van der Waals surface area contributed by atoms with Gasteiger partial charge in [-0.2, -0.15) is 10.2 Å². The van der Waals surface area contributed by atoms with Crippen molar-refractivity contribution in [2.45, 2.75) is 0 Å². The number of aromatic amines is 2. The van der Waals surface area contributed by atoms with Crippen LogP contribution in [0.25, 0.3) is 32.9 Å². The van der Waals surface area contributed by atoms with E-state index in [2.05, 4.69) is 20.4 Å². The molecule has 0 saturated carbocycles. The van der Waals surface area contributed by atoms with E-state index >= 15 is 0 Å². The Bertz CT molecular complexity index is 1080. The zero-order chi connectivity index (χ0) is 15.1. The van der Waals surface area contributed by atoms with Crippen molar-refractivity contribution in [3.63, 3.8) is 0 Å². The normalized spacial score (nSPS) is 11.1. The highest BCUT2D eigenvalue weighted by Crippen LogP contribution is 2.28. The molecule has 4 rings (SSSR count). The summed E-state index contributed by atoms with van der Waals surface area (Å²) in [5.41, 5.74) is 2.83. The molecule has 0 amide bonds. The Morgan fingerprint density at radius 1 is 1.00 bits per heavy atom. The molecule has 0 spiro atoms. The molecule has 22 heavy (non-hydrogen) atoms.